The van der Waals surface area contributed by atoms with Crippen LogP contribution in [0.1, 0.15) is 44.6 Å². The first-order valence-corrected chi connectivity index (χ1v) is 14.6. The van der Waals surface area contributed by atoms with Crippen molar-refractivity contribution in [1.29, 1.82) is 0 Å². The fraction of sp³-hybridized carbons (Fsp3) is 0.250. The smallest absolute Gasteiger partial charge is 0.282 e. The fourth-order valence-corrected chi connectivity index (χ4v) is 5.08. The summed E-state index contributed by atoms with van der Waals surface area (Å²) in [5, 5.41) is 6.20. The summed E-state index contributed by atoms with van der Waals surface area (Å²) in [5.74, 6) is 1.31. The molecule has 0 unspecified atom stereocenters. The van der Waals surface area contributed by atoms with Crippen LogP contribution in [-0.4, -0.2) is 22.5 Å². The molecule has 0 aliphatic heterocycles. The second kappa shape index (κ2) is 12.2. The van der Waals surface area contributed by atoms with E-state index in [1.807, 2.05) is 45.9 Å². The number of hydrogen-bond acceptors (Lipinski definition) is 5. The zero-order valence-corrected chi connectivity index (χ0v) is 26.9. The third-order valence-electron chi connectivity index (χ3n) is 5.61. The van der Waals surface area contributed by atoms with Crippen molar-refractivity contribution in [2.75, 3.05) is 6.61 Å². The standard InChI is InChI=1S/C28H24Br2Cl3N3O3/c1-5-38-22-11-16(23(30)24(33)25(22)39-14-15-6-8-19(31)20(32)10-15)13-34-36-26(37)18-12-17(29)7-9-21(18)35-27(36)28(2,3)4/h6-13H,5,14H2,1-4H3. The summed E-state index contributed by atoms with van der Waals surface area (Å²) < 4.78 is 14.5. The zero-order chi connectivity index (χ0) is 28.5. The fourth-order valence-electron chi connectivity index (χ4n) is 3.74. The van der Waals surface area contributed by atoms with E-state index in [0.717, 1.165) is 10.0 Å². The second-order valence-electron chi connectivity index (χ2n) is 9.60. The van der Waals surface area contributed by atoms with Crippen molar-refractivity contribution in [1.82, 2.24) is 9.66 Å². The number of nitrogens with zero attached hydrogens (tertiary/aromatic N) is 3. The number of benzene rings is 3. The molecule has 1 aromatic heterocycles. The summed E-state index contributed by atoms with van der Waals surface area (Å²) in [5.41, 5.74) is 1.27. The molecule has 0 aliphatic carbocycles. The minimum Gasteiger partial charge on any atom is -0.490 e. The van der Waals surface area contributed by atoms with Crippen LogP contribution in [0.3, 0.4) is 0 Å². The summed E-state index contributed by atoms with van der Waals surface area (Å²) in [6, 6.07) is 12.4. The molecule has 0 saturated carbocycles. The van der Waals surface area contributed by atoms with Gasteiger partial charge in [0, 0.05) is 19.9 Å². The van der Waals surface area contributed by atoms with Crippen LogP contribution in [0, 0.1) is 0 Å². The molecule has 0 N–H and O–H groups in total. The number of aromatic nitrogens is 2. The topological polar surface area (TPSA) is 65.7 Å². The monoisotopic (exact) mass is 713 g/mol. The first-order chi connectivity index (χ1) is 18.4. The Morgan fingerprint density at radius 2 is 1.77 bits per heavy atom. The summed E-state index contributed by atoms with van der Waals surface area (Å²) in [6.45, 7) is 8.37. The Morgan fingerprint density at radius 1 is 1.03 bits per heavy atom. The van der Waals surface area contributed by atoms with Crippen molar-refractivity contribution in [2.45, 2.75) is 39.7 Å². The van der Waals surface area contributed by atoms with E-state index < -0.39 is 5.41 Å². The lowest BCUT2D eigenvalue weighted by molar-refractivity contribution is 0.269. The Kier molecular flexibility index (Phi) is 9.33. The average Bonchev–Trinajstić information content (AvgIpc) is 2.87. The van der Waals surface area contributed by atoms with Crippen LogP contribution in [0.2, 0.25) is 15.1 Å². The first-order valence-electron chi connectivity index (χ1n) is 11.9. The van der Waals surface area contributed by atoms with Gasteiger partial charge in [0.2, 0.25) is 0 Å². The van der Waals surface area contributed by atoms with Crippen LogP contribution < -0.4 is 15.0 Å². The predicted molar refractivity (Wildman–Crippen MR) is 167 cm³/mol. The highest BCUT2D eigenvalue weighted by molar-refractivity contribution is 9.10. The molecule has 4 aromatic rings. The van der Waals surface area contributed by atoms with Crippen molar-refractivity contribution >= 4 is 83.8 Å². The molecule has 11 heteroatoms. The maximum Gasteiger partial charge on any atom is 0.282 e. The molecular weight excluding hydrogens is 692 g/mol. The molecule has 6 nitrogen and oxygen atoms in total. The lowest BCUT2D eigenvalue weighted by Gasteiger charge is -2.21. The highest BCUT2D eigenvalue weighted by atomic mass is 79.9. The summed E-state index contributed by atoms with van der Waals surface area (Å²) in [4.78, 5) is 18.3. The maximum atomic E-state index is 13.5. The van der Waals surface area contributed by atoms with Gasteiger partial charge in [-0.2, -0.15) is 9.78 Å². The Balaban J connectivity index is 1.77. The van der Waals surface area contributed by atoms with Gasteiger partial charge in [-0.3, -0.25) is 4.79 Å². The summed E-state index contributed by atoms with van der Waals surface area (Å²) in [6.07, 6.45) is 1.55. The van der Waals surface area contributed by atoms with Crippen LogP contribution in [0.5, 0.6) is 11.5 Å². The molecular formula is C28H24Br2Cl3N3O3. The van der Waals surface area contributed by atoms with Crippen molar-refractivity contribution in [3.63, 3.8) is 0 Å². The van der Waals surface area contributed by atoms with Crippen LogP contribution >= 0.6 is 66.7 Å². The lowest BCUT2D eigenvalue weighted by atomic mass is 9.95. The molecule has 0 atom stereocenters. The van der Waals surface area contributed by atoms with Crippen molar-refractivity contribution in [2.24, 2.45) is 5.10 Å². The van der Waals surface area contributed by atoms with E-state index in [9.17, 15) is 4.79 Å². The van der Waals surface area contributed by atoms with Gasteiger partial charge in [-0.15, -0.1) is 0 Å². The third kappa shape index (κ3) is 6.63. The normalized spacial score (nSPS) is 11.9. The third-order valence-corrected chi connectivity index (χ3v) is 8.29. The molecule has 0 aliphatic rings. The maximum absolute atomic E-state index is 13.5. The lowest BCUT2D eigenvalue weighted by Crippen LogP contribution is -2.29. The van der Waals surface area contributed by atoms with Crippen molar-refractivity contribution in [3.8, 4) is 11.5 Å². The molecule has 0 spiro atoms. The van der Waals surface area contributed by atoms with Gasteiger partial charge in [-0.1, -0.05) is 77.6 Å². The average molecular weight is 717 g/mol. The van der Waals surface area contributed by atoms with Gasteiger partial charge in [-0.25, -0.2) is 4.98 Å². The molecule has 0 radical (unpaired) electrons. The summed E-state index contributed by atoms with van der Waals surface area (Å²) >= 11 is 25.9. The van der Waals surface area contributed by atoms with Gasteiger partial charge in [0.1, 0.15) is 17.5 Å². The van der Waals surface area contributed by atoms with E-state index in [-0.39, 0.29) is 12.2 Å². The summed E-state index contributed by atoms with van der Waals surface area (Å²) in [7, 11) is 0. The Labute approximate surface area is 258 Å². The Hall–Kier alpha value is -2.10. The van der Waals surface area contributed by atoms with Gasteiger partial charge in [0.05, 0.1) is 33.8 Å². The van der Waals surface area contributed by atoms with Crippen LogP contribution in [-0.2, 0) is 12.0 Å². The molecule has 0 amide bonds. The quantitative estimate of drug-likeness (QED) is 0.179. The number of rotatable bonds is 7. The molecule has 0 bridgehead atoms. The predicted octanol–water partition coefficient (Wildman–Crippen LogP) is 9.04. The van der Waals surface area contributed by atoms with Crippen LogP contribution in [0.15, 0.2) is 61.3 Å². The van der Waals surface area contributed by atoms with Crippen LogP contribution in [0.4, 0.5) is 0 Å². The van der Waals surface area contributed by atoms with E-state index in [1.165, 1.54) is 4.68 Å². The molecule has 204 valence electrons. The van der Waals surface area contributed by atoms with Gasteiger partial charge in [0.15, 0.2) is 11.5 Å². The highest BCUT2D eigenvalue weighted by Crippen LogP contribution is 2.43. The largest absolute Gasteiger partial charge is 0.490 e. The molecule has 3 aromatic carbocycles. The number of fused-ring (bicyclic) bond motifs is 1. The first kappa shape index (κ1) is 29.9. The van der Waals surface area contributed by atoms with Crippen molar-refractivity contribution in [3.05, 3.63) is 93.8 Å². The number of hydrogen-bond donors (Lipinski definition) is 0. The van der Waals surface area contributed by atoms with E-state index in [4.69, 9.17) is 49.3 Å². The zero-order valence-electron chi connectivity index (χ0n) is 21.5. The molecule has 4 rings (SSSR count). The molecule has 1 heterocycles. The van der Waals surface area contributed by atoms with Gasteiger partial charge in [0.25, 0.3) is 5.56 Å². The minimum absolute atomic E-state index is 0.194. The number of halogens is 5. The van der Waals surface area contributed by atoms with E-state index in [2.05, 4.69) is 37.0 Å². The highest BCUT2D eigenvalue weighted by Gasteiger charge is 2.23. The molecule has 0 saturated heterocycles. The van der Waals surface area contributed by atoms with Crippen molar-refractivity contribution < 1.29 is 9.47 Å². The molecule has 0 fully saturated rings. The van der Waals surface area contributed by atoms with E-state index in [1.54, 1.807) is 30.5 Å². The Morgan fingerprint density at radius 3 is 2.44 bits per heavy atom. The SMILES string of the molecule is CCOc1cc(C=Nn2c(C(C)(C)C)nc3ccc(Br)cc3c2=O)c(Br)c(Cl)c1OCc1ccc(Cl)c(Cl)c1. The van der Waals surface area contributed by atoms with Crippen LogP contribution in [0.25, 0.3) is 10.9 Å². The van der Waals surface area contributed by atoms with E-state index >= 15 is 0 Å². The van der Waals surface area contributed by atoms with Gasteiger partial charge >= 0.3 is 0 Å². The second-order valence-corrected chi connectivity index (χ2v) is 12.5. The Bertz CT molecular complexity index is 1650. The van der Waals surface area contributed by atoms with Gasteiger partial charge in [-0.05, 0) is 64.8 Å². The van der Waals surface area contributed by atoms with Gasteiger partial charge < -0.3 is 9.47 Å². The number of ether oxygens (including phenoxy) is 2. The minimum atomic E-state index is -0.453. The van der Waals surface area contributed by atoms with E-state index in [0.29, 0.717) is 59.9 Å². The molecule has 39 heavy (non-hydrogen) atoms.